The minimum absolute atomic E-state index is 0. The first kappa shape index (κ1) is 18.0. The van der Waals surface area contributed by atoms with Gasteiger partial charge in [-0.15, -0.1) is 12.4 Å². The summed E-state index contributed by atoms with van der Waals surface area (Å²) in [5, 5.41) is 0. The zero-order valence-electron chi connectivity index (χ0n) is 11.8. The number of amides is 1. The molecule has 0 saturated carbocycles. The Bertz CT molecular complexity index is 753. The lowest BCUT2D eigenvalue weighted by atomic mass is 10.1. The summed E-state index contributed by atoms with van der Waals surface area (Å²) in [4.78, 5) is 15.4. The number of nitrogens with two attached hydrogens (primary N) is 2. The van der Waals surface area contributed by atoms with Crippen LogP contribution in [0.2, 0.25) is 0 Å². The van der Waals surface area contributed by atoms with Crippen molar-refractivity contribution in [1.29, 1.82) is 0 Å². The van der Waals surface area contributed by atoms with Gasteiger partial charge in [-0.3, -0.25) is 4.79 Å². The van der Waals surface area contributed by atoms with Gasteiger partial charge in [0.2, 0.25) is 0 Å². The molecule has 1 amide bonds. The highest BCUT2D eigenvalue weighted by molar-refractivity contribution is 7.90. The number of carbonyl (C=O) groups excluding carboxylic acids is 1. The normalized spacial score (nSPS) is 13.6. The Morgan fingerprint density at radius 3 is 2.59 bits per heavy atom. The van der Waals surface area contributed by atoms with Crippen LogP contribution in [0.4, 0.5) is 0 Å². The average molecular weight is 346 g/mol. The number of hydrogen-bond donors (Lipinski definition) is 2. The summed E-state index contributed by atoms with van der Waals surface area (Å²) in [6, 6.07) is 4.71. The van der Waals surface area contributed by atoms with Crippen LogP contribution in [0.5, 0.6) is 5.75 Å². The molecule has 1 aromatic rings. The number of para-hydroxylation sites is 1. The first-order valence-corrected chi connectivity index (χ1v) is 7.98. The summed E-state index contributed by atoms with van der Waals surface area (Å²) in [7, 11) is -3.42. The first-order chi connectivity index (χ1) is 9.79. The number of benzene rings is 1. The molecule has 7 nitrogen and oxygen atoms in total. The molecule has 0 fully saturated rings. The highest BCUT2D eigenvalue weighted by atomic mass is 35.5. The van der Waals surface area contributed by atoms with Crippen LogP contribution in [0.1, 0.15) is 12.0 Å². The van der Waals surface area contributed by atoms with Gasteiger partial charge in [-0.05, 0) is 12.1 Å². The third-order valence-electron chi connectivity index (χ3n) is 2.86. The molecule has 22 heavy (non-hydrogen) atoms. The molecule has 120 valence electrons. The number of rotatable bonds is 2. The van der Waals surface area contributed by atoms with Crippen molar-refractivity contribution in [3.63, 3.8) is 0 Å². The fourth-order valence-corrected chi connectivity index (χ4v) is 2.81. The summed E-state index contributed by atoms with van der Waals surface area (Å²) < 4.78 is 29.0. The standard InChI is InChI=1S/C13H15N3O4S.ClH/c1-21(18,19)10-4-2-3-8-7-9(5-6-20-11(8)10)12(17)16-13(14)15;/h2-4,7H,5-6H2,1H3,(H4,14,15,16,17);1H. The Morgan fingerprint density at radius 1 is 1.32 bits per heavy atom. The van der Waals surface area contributed by atoms with Crippen molar-refractivity contribution in [2.75, 3.05) is 12.9 Å². The second-order valence-electron chi connectivity index (χ2n) is 4.56. The number of nitrogens with zero attached hydrogens (tertiary/aromatic N) is 1. The molecule has 0 saturated heterocycles. The number of carbonyl (C=O) groups is 1. The van der Waals surface area contributed by atoms with Crippen molar-refractivity contribution in [3.8, 4) is 5.75 Å². The highest BCUT2D eigenvalue weighted by Crippen LogP contribution is 2.32. The quantitative estimate of drug-likeness (QED) is 0.593. The van der Waals surface area contributed by atoms with Crippen LogP contribution in [0.25, 0.3) is 6.08 Å². The molecule has 1 aliphatic rings. The zero-order chi connectivity index (χ0) is 15.6. The molecule has 4 N–H and O–H groups in total. The molecule has 1 heterocycles. The maximum atomic E-state index is 11.9. The largest absolute Gasteiger partial charge is 0.491 e. The number of guanidine groups is 1. The number of fused-ring (bicyclic) bond motifs is 1. The zero-order valence-corrected chi connectivity index (χ0v) is 13.4. The summed E-state index contributed by atoms with van der Waals surface area (Å²) >= 11 is 0. The lowest BCUT2D eigenvalue weighted by Crippen LogP contribution is -2.24. The van der Waals surface area contributed by atoms with Gasteiger partial charge >= 0.3 is 0 Å². The second-order valence-corrected chi connectivity index (χ2v) is 6.54. The van der Waals surface area contributed by atoms with Crippen LogP contribution in [0.3, 0.4) is 0 Å². The van der Waals surface area contributed by atoms with Crippen molar-refractivity contribution in [3.05, 3.63) is 29.3 Å². The molecular weight excluding hydrogens is 330 g/mol. The van der Waals surface area contributed by atoms with Crippen LogP contribution in [0.15, 0.2) is 33.7 Å². The Hall–Kier alpha value is -2.06. The topological polar surface area (TPSA) is 125 Å². The summed E-state index contributed by atoms with van der Waals surface area (Å²) in [5.41, 5.74) is 11.2. The van der Waals surface area contributed by atoms with Gasteiger partial charge < -0.3 is 16.2 Å². The third kappa shape index (κ3) is 3.99. The van der Waals surface area contributed by atoms with Crippen LogP contribution in [0, 0.1) is 0 Å². The van der Waals surface area contributed by atoms with Crippen LogP contribution >= 0.6 is 12.4 Å². The van der Waals surface area contributed by atoms with Gasteiger partial charge in [-0.1, -0.05) is 12.1 Å². The summed E-state index contributed by atoms with van der Waals surface area (Å²) in [6.07, 6.45) is 2.94. The van der Waals surface area contributed by atoms with E-state index in [2.05, 4.69) is 4.99 Å². The van der Waals surface area contributed by atoms with E-state index in [9.17, 15) is 13.2 Å². The van der Waals surface area contributed by atoms with Crippen molar-refractivity contribution in [2.24, 2.45) is 16.5 Å². The molecule has 0 bridgehead atoms. The van der Waals surface area contributed by atoms with Gasteiger partial charge in [0.25, 0.3) is 5.91 Å². The molecular formula is C13H16ClN3O4S. The monoisotopic (exact) mass is 345 g/mol. The maximum absolute atomic E-state index is 11.9. The predicted octanol–water partition coefficient (Wildman–Crippen LogP) is 0.478. The number of aliphatic imine (C=N–C) groups is 1. The molecule has 0 aromatic heterocycles. The van der Waals surface area contributed by atoms with Crippen molar-refractivity contribution in [2.45, 2.75) is 11.3 Å². The van der Waals surface area contributed by atoms with E-state index in [1.165, 1.54) is 6.07 Å². The molecule has 1 aliphatic heterocycles. The number of halogens is 1. The Labute approximate surface area is 134 Å². The lowest BCUT2D eigenvalue weighted by molar-refractivity contribution is -0.114. The maximum Gasteiger partial charge on any atom is 0.276 e. The molecule has 0 aliphatic carbocycles. The molecule has 0 unspecified atom stereocenters. The van der Waals surface area contributed by atoms with E-state index in [4.69, 9.17) is 16.2 Å². The minimum atomic E-state index is -3.42. The lowest BCUT2D eigenvalue weighted by Gasteiger charge is -2.10. The van der Waals surface area contributed by atoms with Gasteiger partial charge in [0.15, 0.2) is 15.8 Å². The van der Waals surface area contributed by atoms with E-state index in [0.29, 0.717) is 11.1 Å². The molecule has 9 heteroatoms. The van der Waals surface area contributed by atoms with E-state index in [-0.39, 0.29) is 42.0 Å². The van der Waals surface area contributed by atoms with E-state index in [0.717, 1.165) is 6.26 Å². The fourth-order valence-electron chi connectivity index (χ4n) is 1.97. The van der Waals surface area contributed by atoms with Gasteiger partial charge in [0.1, 0.15) is 10.6 Å². The molecule has 2 rings (SSSR count). The number of hydrogen-bond acceptors (Lipinski definition) is 4. The Morgan fingerprint density at radius 2 is 2.00 bits per heavy atom. The van der Waals surface area contributed by atoms with E-state index in [1.54, 1.807) is 18.2 Å². The van der Waals surface area contributed by atoms with Crippen molar-refractivity contribution < 1.29 is 17.9 Å². The Balaban J connectivity index is 0.00000242. The molecule has 0 spiro atoms. The number of sulfone groups is 1. The van der Waals surface area contributed by atoms with Gasteiger partial charge in [0.05, 0.1) is 6.61 Å². The Kier molecular flexibility index (Phi) is 5.56. The average Bonchev–Trinajstić information content (AvgIpc) is 2.58. The van der Waals surface area contributed by atoms with Gasteiger partial charge in [-0.2, -0.15) is 4.99 Å². The summed E-state index contributed by atoms with van der Waals surface area (Å²) in [6.45, 7) is 0.164. The molecule has 0 atom stereocenters. The van der Waals surface area contributed by atoms with E-state index in [1.807, 2.05) is 0 Å². The molecule has 1 aromatic carbocycles. The SMILES string of the molecule is CS(=O)(=O)c1cccc2c1OCCC(C(=O)N=C(N)N)=C2.Cl. The van der Waals surface area contributed by atoms with E-state index < -0.39 is 15.7 Å². The molecule has 0 radical (unpaired) electrons. The van der Waals surface area contributed by atoms with E-state index >= 15 is 0 Å². The van der Waals surface area contributed by atoms with Crippen LogP contribution < -0.4 is 16.2 Å². The highest BCUT2D eigenvalue weighted by Gasteiger charge is 2.21. The number of ether oxygens (including phenoxy) is 1. The van der Waals surface area contributed by atoms with Gasteiger partial charge in [0, 0.05) is 23.8 Å². The van der Waals surface area contributed by atoms with Crippen LogP contribution in [-0.4, -0.2) is 33.1 Å². The first-order valence-electron chi connectivity index (χ1n) is 6.09. The fraction of sp³-hybridized carbons (Fsp3) is 0.231. The minimum Gasteiger partial charge on any atom is -0.491 e. The predicted molar refractivity (Wildman–Crippen MR) is 85.7 cm³/mol. The second kappa shape index (κ2) is 6.80. The smallest absolute Gasteiger partial charge is 0.276 e. The van der Waals surface area contributed by atoms with Crippen molar-refractivity contribution >= 4 is 40.2 Å². The summed E-state index contributed by atoms with van der Waals surface area (Å²) in [5.74, 6) is -0.639. The van der Waals surface area contributed by atoms with Crippen LogP contribution in [-0.2, 0) is 14.6 Å². The van der Waals surface area contributed by atoms with Crippen molar-refractivity contribution in [1.82, 2.24) is 0 Å². The van der Waals surface area contributed by atoms with Gasteiger partial charge in [-0.25, -0.2) is 8.42 Å². The third-order valence-corrected chi connectivity index (χ3v) is 3.98.